The van der Waals surface area contributed by atoms with Crippen LogP contribution in [0.15, 0.2) is 48.5 Å². The maximum atomic E-state index is 13.0. The standard InChI is InChI=1S/C22H26N2O4/c1-4-24-20(25)13-18(21(24)15-9-11-17(27-2)12-10-15)22(26)23-14-16-7-5-6-8-19(16)28-3/h5-12,18,21H,4,13-14H2,1-3H3,(H,23,26)/t18-,21+/m1/s1. The Morgan fingerprint density at radius 2 is 1.82 bits per heavy atom. The van der Waals surface area contributed by atoms with Gasteiger partial charge in [0.25, 0.3) is 0 Å². The van der Waals surface area contributed by atoms with Crippen LogP contribution in [0.1, 0.15) is 30.5 Å². The highest BCUT2D eigenvalue weighted by molar-refractivity contribution is 5.90. The molecule has 2 amide bonds. The van der Waals surface area contributed by atoms with Gasteiger partial charge in [0.05, 0.1) is 26.2 Å². The van der Waals surface area contributed by atoms with E-state index in [4.69, 9.17) is 9.47 Å². The van der Waals surface area contributed by atoms with E-state index in [0.717, 1.165) is 22.6 Å². The zero-order chi connectivity index (χ0) is 20.1. The van der Waals surface area contributed by atoms with Gasteiger partial charge in [-0.05, 0) is 30.7 Å². The fraction of sp³-hybridized carbons (Fsp3) is 0.364. The summed E-state index contributed by atoms with van der Waals surface area (Å²) < 4.78 is 10.6. The first-order valence-electron chi connectivity index (χ1n) is 9.42. The van der Waals surface area contributed by atoms with Gasteiger partial charge in [-0.3, -0.25) is 9.59 Å². The summed E-state index contributed by atoms with van der Waals surface area (Å²) in [5.41, 5.74) is 1.84. The highest BCUT2D eigenvalue weighted by Crippen LogP contribution is 2.38. The first-order chi connectivity index (χ1) is 13.6. The molecule has 6 nitrogen and oxygen atoms in total. The Bertz CT molecular complexity index is 835. The molecule has 1 heterocycles. The maximum Gasteiger partial charge on any atom is 0.226 e. The lowest BCUT2D eigenvalue weighted by Gasteiger charge is -2.27. The minimum Gasteiger partial charge on any atom is -0.497 e. The summed E-state index contributed by atoms with van der Waals surface area (Å²) in [5, 5.41) is 2.98. The molecule has 0 bridgehead atoms. The van der Waals surface area contributed by atoms with Gasteiger partial charge < -0.3 is 19.7 Å². The molecular weight excluding hydrogens is 356 g/mol. The van der Waals surface area contributed by atoms with Crippen LogP contribution in [0.2, 0.25) is 0 Å². The van der Waals surface area contributed by atoms with Gasteiger partial charge >= 0.3 is 0 Å². The summed E-state index contributed by atoms with van der Waals surface area (Å²) in [5.74, 6) is 0.910. The van der Waals surface area contributed by atoms with Crippen molar-refractivity contribution >= 4 is 11.8 Å². The highest BCUT2D eigenvalue weighted by atomic mass is 16.5. The number of methoxy groups -OCH3 is 2. The predicted molar refractivity (Wildman–Crippen MR) is 106 cm³/mol. The van der Waals surface area contributed by atoms with Crippen LogP contribution in [-0.4, -0.2) is 37.5 Å². The number of nitrogens with zero attached hydrogens (tertiary/aromatic N) is 1. The predicted octanol–water partition coefficient (Wildman–Crippen LogP) is 2.93. The summed E-state index contributed by atoms with van der Waals surface area (Å²) in [4.78, 5) is 27.3. The van der Waals surface area contributed by atoms with Gasteiger partial charge in [-0.2, -0.15) is 0 Å². The zero-order valence-corrected chi connectivity index (χ0v) is 16.5. The molecule has 0 radical (unpaired) electrons. The quantitative estimate of drug-likeness (QED) is 0.800. The zero-order valence-electron chi connectivity index (χ0n) is 16.5. The number of amides is 2. The van der Waals surface area contributed by atoms with Gasteiger partial charge in [0.2, 0.25) is 11.8 Å². The lowest BCUT2D eigenvalue weighted by molar-refractivity contribution is -0.129. The Labute approximate surface area is 165 Å². The van der Waals surface area contributed by atoms with E-state index < -0.39 is 5.92 Å². The molecule has 0 aromatic heterocycles. The van der Waals surface area contributed by atoms with Gasteiger partial charge in [0, 0.05) is 25.1 Å². The fourth-order valence-electron chi connectivity index (χ4n) is 3.77. The van der Waals surface area contributed by atoms with Crippen molar-refractivity contribution in [3.05, 3.63) is 59.7 Å². The van der Waals surface area contributed by atoms with Crippen molar-refractivity contribution < 1.29 is 19.1 Å². The average Bonchev–Trinajstić information content (AvgIpc) is 3.08. The van der Waals surface area contributed by atoms with Crippen LogP contribution in [0.5, 0.6) is 11.5 Å². The topological polar surface area (TPSA) is 67.9 Å². The van der Waals surface area contributed by atoms with E-state index in [9.17, 15) is 9.59 Å². The van der Waals surface area contributed by atoms with E-state index in [1.54, 1.807) is 19.1 Å². The summed E-state index contributed by atoms with van der Waals surface area (Å²) in [6.07, 6.45) is 0.211. The number of rotatable bonds is 7. The molecular formula is C22H26N2O4. The molecule has 28 heavy (non-hydrogen) atoms. The molecule has 3 rings (SSSR count). The number of carbonyl (C=O) groups excluding carboxylic acids is 2. The number of benzene rings is 2. The molecule has 0 aliphatic carbocycles. The largest absolute Gasteiger partial charge is 0.497 e. The van der Waals surface area contributed by atoms with E-state index in [2.05, 4.69) is 5.32 Å². The number of nitrogens with one attached hydrogen (secondary N) is 1. The lowest BCUT2D eigenvalue weighted by Crippen LogP contribution is -2.35. The number of para-hydroxylation sites is 1. The van der Waals surface area contributed by atoms with E-state index in [1.807, 2.05) is 55.5 Å². The van der Waals surface area contributed by atoms with Crippen LogP contribution in [0.3, 0.4) is 0 Å². The van der Waals surface area contributed by atoms with E-state index in [-0.39, 0.29) is 24.3 Å². The minimum atomic E-state index is -0.435. The molecule has 0 saturated carbocycles. The van der Waals surface area contributed by atoms with Crippen LogP contribution in [-0.2, 0) is 16.1 Å². The fourth-order valence-corrected chi connectivity index (χ4v) is 3.77. The second-order valence-corrected chi connectivity index (χ2v) is 6.74. The molecule has 2 aromatic carbocycles. The van der Waals surface area contributed by atoms with Gasteiger partial charge in [0.1, 0.15) is 11.5 Å². The first kappa shape index (κ1) is 19.7. The lowest BCUT2D eigenvalue weighted by atomic mass is 9.92. The van der Waals surface area contributed by atoms with Gasteiger partial charge in [-0.1, -0.05) is 30.3 Å². The Balaban J connectivity index is 1.79. The van der Waals surface area contributed by atoms with Gasteiger partial charge in [-0.25, -0.2) is 0 Å². The third-order valence-corrected chi connectivity index (χ3v) is 5.21. The number of likely N-dealkylation sites (tertiary alicyclic amines) is 1. The smallest absolute Gasteiger partial charge is 0.226 e. The van der Waals surface area contributed by atoms with Crippen LogP contribution < -0.4 is 14.8 Å². The summed E-state index contributed by atoms with van der Waals surface area (Å²) in [6, 6.07) is 14.8. The molecule has 2 aromatic rings. The van der Waals surface area contributed by atoms with Crippen molar-refractivity contribution in [2.24, 2.45) is 5.92 Å². The Hall–Kier alpha value is -3.02. The van der Waals surface area contributed by atoms with E-state index >= 15 is 0 Å². The van der Waals surface area contributed by atoms with Crippen molar-refractivity contribution in [3.63, 3.8) is 0 Å². The number of ether oxygens (including phenoxy) is 2. The molecule has 148 valence electrons. The first-order valence-corrected chi connectivity index (χ1v) is 9.42. The molecule has 1 fully saturated rings. The molecule has 6 heteroatoms. The second kappa shape index (κ2) is 8.78. The molecule has 1 aliphatic rings. The van der Waals surface area contributed by atoms with E-state index in [0.29, 0.717) is 13.1 Å². The maximum absolute atomic E-state index is 13.0. The van der Waals surface area contributed by atoms with Crippen molar-refractivity contribution in [1.29, 1.82) is 0 Å². The van der Waals surface area contributed by atoms with Crippen LogP contribution >= 0.6 is 0 Å². The molecule has 1 saturated heterocycles. The normalized spacial score (nSPS) is 18.8. The van der Waals surface area contributed by atoms with E-state index in [1.165, 1.54) is 0 Å². The van der Waals surface area contributed by atoms with Gasteiger partial charge in [0.15, 0.2) is 0 Å². The van der Waals surface area contributed by atoms with Crippen LogP contribution in [0, 0.1) is 5.92 Å². The minimum absolute atomic E-state index is 0.000703. The van der Waals surface area contributed by atoms with Crippen molar-refractivity contribution in [1.82, 2.24) is 10.2 Å². The molecule has 0 spiro atoms. The van der Waals surface area contributed by atoms with Gasteiger partial charge in [-0.15, -0.1) is 0 Å². The molecule has 1 aliphatic heterocycles. The molecule has 0 unspecified atom stereocenters. The average molecular weight is 382 g/mol. The third-order valence-electron chi connectivity index (χ3n) is 5.21. The summed E-state index contributed by atoms with van der Waals surface area (Å²) in [7, 11) is 3.22. The molecule has 1 N–H and O–H groups in total. The summed E-state index contributed by atoms with van der Waals surface area (Å²) in [6.45, 7) is 2.85. The molecule has 2 atom stereocenters. The number of hydrogen-bond donors (Lipinski definition) is 1. The summed E-state index contributed by atoms with van der Waals surface area (Å²) >= 11 is 0. The third kappa shape index (κ3) is 3.96. The Kier molecular flexibility index (Phi) is 6.19. The van der Waals surface area contributed by atoms with Crippen LogP contribution in [0.25, 0.3) is 0 Å². The van der Waals surface area contributed by atoms with Crippen molar-refractivity contribution in [2.45, 2.75) is 25.9 Å². The van der Waals surface area contributed by atoms with Crippen molar-refractivity contribution in [2.75, 3.05) is 20.8 Å². The number of hydrogen-bond acceptors (Lipinski definition) is 4. The number of carbonyl (C=O) groups is 2. The SMILES string of the molecule is CCN1C(=O)C[C@@H](C(=O)NCc2ccccc2OC)[C@@H]1c1ccc(OC)cc1. The Morgan fingerprint density at radius 1 is 1.11 bits per heavy atom. The monoisotopic (exact) mass is 382 g/mol. The van der Waals surface area contributed by atoms with Crippen LogP contribution in [0.4, 0.5) is 0 Å². The highest BCUT2D eigenvalue weighted by Gasteiger charge is 2.43. The Morgan fingerprint density at radius 3 is 2.46 bits per heavy atom. The second-order valence-electron chi connectivity index (χ2n) is 6.74. The van der Waals surface area contributed by atoms with Crippen molar-refractivity contribution in [3.8, 4) is 11.5 Å².